The molecule has 1 saturated heterocycles. The Balaban J connectivity index is 1.59. The van der Waals surface area contributed by atoms with Crippen LogP contribution in [0.4, 0.5) is 5.69 Å². The van der Waals surface area contributed by atoms with Gasteiger partial charge in [-0.2, -0.15) is 0 Å². The highest BCUT2D eigenvalue weighted by Gasteiger charge is 2.36. The predicted molar refractivity (Wildman–Crippen MR) is 93.1 cm³/mol. The van der Waals surface area contributed by atoms with Crippen LogP contribution in [0.5, 0.6) is 0 Å². The van der Waals surface area contributed by atoms with Crippen LogP contribution in [0.15, 0.2) is 55.0 Å². The fraction of sp³-hybridized carbons (Fsp3) is 0.350. The van der Waals surface area contributed by atoms with E-state index < -0.39 is 0 Å². The summed E-state index contributed by atoms with van der Waals surface area (Å²) in [4.78, 5) is 7.23. The van der Waals surface area contributed by atoms with Crippen molar-refractivity contribution >= 4 is 11.3 Å². The summed E-state index contributed by atoms with van der Waals surface area (Å²) >= 11 is 0. The Hall–Kier alpha value is -2.29. The molecule has 0 saturated carbocycles. The molecule has 1 aromatic carbocycles. The van der Waals surface area contributed by atoms with E-state index in [0.29, 0.717) is 12.0 Å². The third kappa shape index (κ3) is 1.99. The number of pyridine rings is 1. The second-order valence-electron chi connectivity index (χ2n) is 6.80. The molecule has 3 heterocycles. The lowest BCUT2D eigenvalue weighted by molar-refractivity contribution is 0.366. The molecule has 2 aliphatic rings. The zero-order valence-corrected chi connectivity index (χ0v) is 13.2. The number of benzene rings is 1. The number of aromatic nitrogens is 2. The SMILES string of the molecule is c1ccc2c(c1)CC[C@@H]1[C@H]2CCCN1c1cccn2ccnc12. The monoisotopic (exact) mass is 303 g/mol. The smallest absolute Gasteiger partial charge is 0.160 e. The molecule has 3 heteroatoms. The average Bonchev–Trinajstić information content (AvgIpc) is 3.10. The number of imidazole rings is 1. The van der Waals surface area contributed by atoms with Crippen molar-refractivity contribution in [2.45, 2.75) is 37.6 Å². The van der Waals surface area contributed by atoms with Crippen LogP contribution in [-0.2, 0) is 6.42 Å². The highest BCUT2D eigenvalue weighted by atomic mass is 15.2. The van der Waals surface area contributed by atoms with Gasteiger partial charge in [0.25, 0.3) is 0 Å². The van der Waals surface area contributed by atoms with Crippen molar-refractivity contribution in [2.75, 3.05) is 11.4 Å². The first-order chi connectivity index (χ1) is 11.4. The van der Waals surface area contributed by atoms with Gasteiger partial charge in [0.1, 0.15) is 0 Å². The van der Waals surface area contributed by atoms with Crippen molar-refractivity contribution in [1.29, 1.82) is 0 Å². The number of nitrogens with zero attached hydrogens (tertiary/aromatic N) is 3. The molecule has 0 bridgehead atoms. The number of rotatable bonds is 1. The first-order valence-corrected chi connectivity index (χ1v) is 8.68. The maximum atomic E-state index is 4.60. The number of piperidine rings is 1. The van der Waals surface area contributed by atoms with E-state index in [9.17, 15) is 0 Å². The van der Waals surface area contributed by atoms with Crippen LogP contribution >= 0.6 is 0 Å². The summed E-state index contributed by atoms with van der Waals surface area (Å²) in [6, 6.07) is 14.1. The van der Waals surface area contributed by atoms with E-state index in [1.54, 1.807) is 11.1 Å². The molecule has 3 aromatic rings. The molecule has 116 valence electrons. The van der Waals surface area contributed by atoms with Crippen LogP contribution in [0.2, 0.25) is 0 Å². The summed E-state index contributed by atoms with van der Waals surface area (Å²) in [6.45, 7) is 1.15. The molecule has 1 aliphatic carbocycles. The Morgan fingerprint density at radius 1 is 1.00 bits per heavy atom. The summed E-state index contributed by atoms with van der Waals surface area (Å²) < 4.78 is 2.13. The first-order valence-electron chi connectivity index (χ1n) is 8.68. The van der Waals surface area contributed by atoms with Gasteiger partial charge in [-0.25, -0.2) is 4.98 Å². The van der Waals surface area contributed by atoms with Crippen molar-refractivity contribution in [3.8, 4) is 0 Å². The largest absolute Gasteiger partial charge is 0.365 e. The fourth-order valence-electron chi connectivity index (χ4n) is 4.66. The van der Waals surface area contributed by atoms with Crippen LogP contribution in [0.25, 0.3) is 5.65 Å². The molecule has 0 unspecified atom stereocenters. The van der Waals surface area contributed by atoms with Crippen molar-refractivity contribution in [3.63, 3.8) is 0 Å². The number of fused-ring (bicyclic) bond motifs is 4. The summed E-state index contributed by atoms with van der Waals surface area (Å²) in [6.07, 6.45) is 11.1. The van der Waals surface area contributed by atoms with Crippen molar-refractivity contribution in [2.24, 2.45) is 0 Å². The second-order valence-corrected chi connectivity index (χ2v) is 6.80. The molecule has 1 fully saturated rings. The maximum absolute atomic E-state index is 4.60. The van der Waals surface area contributed by atoms with Crippen LogP contribution in [0.3, 0.4) is 0 Å². The minimum absolute atomic E-state index is 0.613. The molecule has 0 N–H and O–H groups in total. The number of anilines is 1. The molecule has 1 aliphatic heterocycles. The fourth-order valence-corrected chi connectivity index (χ4v) is 4.66. The van der Waals surface area contributed by atoms with Crippen molar-refractivity contribution in [1.82, 2.24) is 9.38 Å². The zero-order chi connectivity index (χ0) is 15.2. The van der Waals surface area contributed by atoms with Crippen molar-refractivity contribution < 1.29 is 0 Å². The van der Waals surface area contributed by atoms with E-state index >= 15 is 0 Å². The van der Waals surface area contributed by atoms with E-state index in [0.717, 1.165) is 12.2 Å². The highest BCUT2D eigenvalue weighted by Crippen LogP contribution is 2.42. The van der Waals surface area contributed by atoms with Gasteiger partial charge in [-0.1, -0.05) is 24.3 Å². The van der Waals surface area contributed by atoms with Gasteiger partial charge in [0.2, 0.25) is 0 Å². The van der Waals surface area contributed by atoms with E-state index in [1.165, 1.54) is 31.4 Å². The van der Waals surface area contributed by atoms with Gasteiger partial charge < -0.3 is 9.30 Å². The Bertz CT molecular complexity index is 851. The molecule has 0 amide bonds. The van der Waals surface area contributed by atoms with E-state index in [2.05, 4.69) is 56.9 Å². The van der Waals surface area contributed by atoms with Gasteiger partial charge in [0, 0.05) is 37.1 Å². The molecular formula is C20H21N3. The summed E-state index contributed by atoms with van der Waals surface area (Å²) in [5.74, 6) is 0.670. The standard InChI is InChI=1S/C20H21N3/c1-2-6-16-15(5-1)9-10-18-17(16)7-3-13-23(18)19-8-4-12-22-14-11-21-20(19)22/h1-2,4-6,8,11-12,14,17-18H,3,7,9-10,13H2/t17-,18+/m0/s1. The minimum atomic E-state index is 0.613. The van der Waals surface area contributed by atoms with Gasteiger partial charge in [-0.15, -0.1) is 0 Å². The number of aryl methyl sites for hydroxylation is 1. The molecule has 3 nitrogen and oxygen atoms in total. The molecule has 5 rings (SSSR count). The minimum Gasteiger partial charge on any atom is -0.365 e. The van der Waals surface area contributed by atoms with Gasteiger partial charge >= 0.3 is 0 Å². The lowest BCUT2D eigenvalue weighted by Gasteiger charge is -2.46. The second kappa shape index (κ2) is 5.12. The Morgan fingerprint density at radius 2 is 1.96 bits per heavy atom. The molecular weight excluding hydrogens is 282 g/mol. The average molecular weight is 303 g/mol. The highest BCUT2D eigenvalue weighted by molar-refractivity contribution is 5.70. The predicted octanol–water partition coefficient (Wildman–Crippen LogP) is 4.03. The quantitative estimate of drug-likeness (QED) is 0.676. The normalized spacial score (nSPS) is 23.6. The van der Waals surface area contributed by atoms with Crippen LogP contribution in [-0.4, -0.2) is 22.0 Å². The third-order valence-corrected chi connectivity index (χ3v) is 5.65. The van der Waals surface area contributed by atoms with Crippen molar-refractivity contribution in [3.05, 3.63) is 66.1 Å². The maximum Gasteiger partial charge on any atom is 0.160 e. The van der Waals surface area contributed by atoms with Crippen LogP contribution in [0.1, 0.15) is 36.3 Å². The molecule has 2 atom stereocenters. The number of hydrogen-bond donors (Lipinski definition) is 0. The summed E-state index contributed by atoms with van der Waals surface area (Å²) in [5, 5.41) is 0. The van der Waals surface area contributed by atoms with E-state index in [1.807, 2.05) is 12.4 Å². The van der Waals surface area contributed by atoms with Crippen LogP contribution < -0.4 is 4.90 Å². The summed E-state index contributed by atoms with van der Waals surface area (Å²) in [7, 11) is 0. The van der Waals surface area contributed by atoms with Gasteiger partial charge in [-0.05, 0) is 48.9 Å². The molecule has 23 heavy (non-hydrogen) atoms. The molecule has 0 spiro atoms. The van der Waals surface area contributed by atoms with Gasteiger partial charge in [0.15, 0.2) is 5.65 Å². The Morgan fingerprint density at radius 3 is 2.96 bits per heavy atom. The molecule has 0 radical (unpaired) electrons. The third-order valence-electron chi connectivity index (χ3n) is 5.65. The van der Waals surface area contributed by atoms with Gasteiger partial charge in [-0.3, -0.25) is 0 Å². The van der Waals surface area contributed by atoms with Gasteiger partial charge in [0.05, 0.1) is 5.69 Å². The lowest BCUT2D eigenvalue weighted by atomic mass is 9.74. The summed E-state index contributed by atoms with van der Waals surface area (Å²) in [5.41, 5.74) is 5.54. The first kappa shape index (κ1) is 13.2. The molecule has 2 aromatic heterocycles. The Labute approximate surface area is 136 Å². The topological polar surface area (TPSA) is 20.5 Å². The van der Waals surface area contributed by atoms with Crippen LogP contribution in [0, 0.1) is 0 Å². The Kier molecular flexibility index (Phi) is 2.93. The lowest BCUT2D eigenvalue weighted by Crippen LogP contribution is -2.46. The van der Waals surface area contributed by atoms with E-state index in [-0.39, 0.29) is 0 Å². The number of hydrogen-bond acceptors (Lipinski definition) is 2. The zero-order valence-electron chi connectivity index (χ0n) is 13.2. The van der Waals surface area contributed by atoms with E-state index in [4.69, 9.17) is 0 Å².